The zero-order valence-corrected chi connectivity index (χ0v) is 38.0. The van der Waals surface area contributed by atoms with E-state index in [2.05, 4.69) is 93.7 Å². The van der Waals surface area contributed by atoms with Crippen molar-refractivity contribution in [1.82, 2.24) is 0 Å². The fourth-order valence-electron chi connectivity index (χ4n) is 6.11. The Morgan fingerprint density at radius 3 is 1.25 bits per heavy atom. The lowest BCUT2D eigenvalue weighted by Crippen LogP contribution is -2.30. The van der Waals surface area contributed by atoms with Gasteiger partial charge in [-0.25, -0.2) is 0 Å². The zero-order chi connectivity index (χ0) is 43.0. The van der Waals surface area contributed by atoms with E-state index in [9.17, 15) is 14.4 Å². The van der Waals surface area contributed by atoms with Crippen LogP contribution in [0.4, 0.5) is 0 Å². The van der Waals surface area contributed by atoms with E-state index in [1.807, 2.05) is 24.3 Å². The molecule has 0 heterocycles. The third kappa shape index (κ3) is 45.3. The monoisotopic (exact) mass is 819 g/mol. The van der Waals surface area contributed by atoms with Gasteiger partial charge in [-0.15, -0.1) is 0 Å². The maximum atomic E-state index is 12.7. The third-order valence-corrected chi connectivity index (χ3v) is 9.65. The Morgan fingerprint density at radius 2 is 0.746 bits per heavy atom. The Bertz CT molecular complexity index is 1220. The molecule has 0 bridgehead atoms. The van der Waals surface area contributed by atoms with E-state index in [1.165, 1.54) is 51.4 Å². The lowest BCUT2D eigenvalue weighted by Gasteiger charge is -2.18. The van der Waals surface area contributed by atoms with Gasteiger partial charge in [0.2, 0.25) is 0 Å². The quantitative estimate of drug-likeness (QED) is 0.0201. The standard InChI is InChI=1S/C53H86O6/c1-4-7-10-13-16-19-21-23-25-26-28-29-31-34-37-40-43-46-52(55)58-49-50(48-57-51(54)45-42-39-36-33-18-15-12-9-6-3)59-53(56)47-44-41-38-35-32-30-27-24-22-20-17-14-11-8-5-2/h8-9,11-12,14,16-20,22-25,27,33,50H,4-7,10,13,15,21,26,28-32,34-49H2,1-3H3/b11-8-,12-9-,17-14-,19-16-,22-20-,25-23-,27-24-,33-18-. The molecule has 0 aliphatic heterocycles. The van der Waals surface area contributed by atoms with Gasteiger partial charge in [0.1, 0.15) is 13.2 Å². The van der Waals surface area contributed by atoms with Crippen LogP contribution in [0.5, 0.6) is 0 Å². The summed E-state index contributed by atoms with van der Waals surface area (Å²) < 4.78 is 16.7. The minimum atomic E-state index is -0.805. The van der Waals surface area contributed by atoms with E-state index < -0.39 is 6.10 Å². The lowest BCUT2D eigenvalue weighted by atomic mass is 10.1. The van der Waals surface area contributed by atoms with E-state index in [0.29, 0.717) is 19.3 Å². The van der Waals surface area contributed by atoms with Crippen LogP contribution < -0.4 is 0 Å². The van der Waals surface area contributed by atoms with Crippen molar-refractivity contribution in [2.24, 2.45) is 0 Å². The summed E-state index contributed by atoms with van der Waals surface area (Å²) >= 11 is 0. The highest BCUT2D eigenvalue weighted by Gasteiger charge is 2.19. The molecule has 6 nitrogen and oxygen atoms in total. The second-order valence-corrected chi connectivity index (χ2v) is 15.3. The molecule has 59 heavy (non-hydrogen) atoms. The summed E-state index contributed by atoms with van der Waals surface area (Å²) in [7, 11) is 0. The summed E-state index contributed by atoms with van der Waals surface area (Å²) in [4.78, 5) is 37.8. The highest BCUT2D eigenvalue weighted by molar-refractivity contribution is 5.71. The van der Waals surface area contributed by atoms with Crippen LogP contribution in [0.25, 0.3) is 0 Å². The summed E-state index contributed by atoms with van der Waals surface area (Å²) in [6.45, 7) is 6.27. The van der Waals surface area contributed by atoms with Gasteiger partial charge in [0, 0.05) is 19.3 Å². The van der Waals surface area contributed by atoms with Crippen LogP contribution in [0.3, 0.4) is 0 Å². The summed E-state index contributed by atoms with van der Waals surface area (Å²) in [5, 5.41) is 0. The number of rotatable bonds is 41. The van der Waals surface area contributed by atoms with Crippen LogP contribution in [0.1, 0.15) is 201 Å². The van der Waals surface area contributed by atoms with Crippen LogP contribution in [0.2, 0.25) is 0 Å². The van der Waals surface area contributed by atoms with Gasteiger partial charge in [0.25, 0.3) is 0 Å². The van der Waals surface area contributed by atoms with Gasteiger partial charge in [-0.1, -0.05) is 182 Å². The molecule has 0 aromatic rings. The summed E-state index contributed by atoms with van der Waals surface area (Å²) in [5.74, 6) is -0.981. The van der Waals surface area contributed by atoms with Gasteiger partial charge in [0.05, 0.1) is 0 Å². The van der Waals surface area contributed by atoms with Crippen LogP contribution in [-0.2, 0) is 28.6 Å². The first-order chi connectivity index (χ1) is 29.0. The normalized spacial score (nSPS) is 12.9. The second kappa shape index (κ2) is 47.0. The Hall–Kier alpha value is -3.67. The molecule has 0 N–H and O–H groups in total. The van der Waals surface area contributed by atoms with Gasteiger partial charge in [-0.2, -0.15) is 0 Å². The zero-order valence-electron chi connectivity index (χ0n) is 38.0. The third-order valence-electron chi connectivity index (χ3n) is 9.65. The summed E-state index contributed by atoms with van der Waals surface area (Å²) in [6, 6.07) is 0. The molecule has 0 fully saturated rings. The molecule has 0 aliphatic carbocycles. The fraction of sp³-hybridized carbons (Fsp3) is 0.642. The van der Waals surface area contributed by atoms with Crippen molar-refractivity contribution in [3.05, 3.63) is 97.2 Å². The number of ether oxygens (including phenoxy) is 3. The van der Waals surface area contributed by atoms with Crippen molar-refractivity contribution < 1.29 is 28.6 Å². The Balaban J connectivity index is 4.43. The summed E-state index contributed by atoms with van der Waals surface area (Å²) in [6.07, 6.45) is 61.1. The molecule has 0 aromatic carbocycles. The molecule has 0 aliphatic rings. The van der Waals surface area contributed by atoms with Crippen LogP contribution in [0.15, 0.2) is 97.2 Å². The van der Waals surface area contributed by atoms with Crippen molar-refractivity contribution in [2.75, 3.05) is 13.2 Å². The van der Waals surface area contributed by atoms with Gasteiger partial charge in [0.15, 0.2) is 6.10 Å². The van der Waals surface area contributed by atoms with Crippen molar-refractivity contribution in [1.29, 1.82) is 0 Å². The molecule has 0 rings (SSSR count). The van der Waals surface area contributed by atoms with Gasteiger partial charge in [-0.05, 0) is 96.3 Å². The van der Waals surface area contributed by atoms with Crippen LogP contribution >= 0.6 is 0 Å². The molecular formula is C53H86O6. The molecule has 0 spiro atoms. The van der Waals surface area contributed by atoms with Crippen LogP contribution in [0, 0.1) is 0 Å². The molecular weight excluding hydrogens is 733 g/mol. The second-order valence-electron chi connectivity index (χ2n) is 15.3. The van der Waals surface area contributed by atoms with Crippen LogP contribution in [-0.4, -0.2) is 37.2 Å². The fourth-order valence-corrected chi connectivity index (χ4v) is 6.11. The van der Waals surface area contributed by atoms with E-state index in [1.54, 1.807) is 0 Å². The predicted molar refractivity (Wildman–Crippen MR) is 251 cm³/mol. The lowest BCUT2D eigenvalue weighted by molar-refractivity contribution is -0.167. The largest absolute Gasteiger partial charge is 0.462 e. The summed E-state index contributed by atoms with van der Waals surface area (Å²) in [5.41, 5.74) is 0. The first-order valence-corrected chi connectivity index (χ1v) is 23.8. The SMILES string of the molecule is CC\C=C/C=C\C=C/C=C\CCCCCCCC(=O)OC(COC(=O)CCCC/C=C\C/C=C\CC)COC(=O)CCCCCCCCC/C=C\C/C=C\CCCCC. The van der Waals surface area contributed by atoms with Gasteiger partial charge in [-0.3, -0.25) is 14.4 Å². The predicted octanol–water partition coefficient (Wildman–Crippen LogP) is 15.4. The Kier molecular flexibility index (Phi) is 44.1. The van der Waals surface area contributed by atoms with E-state index >= 15 is 0 Å². The number of unbranched alkanes of at least 4 members (excludes halogenated alkanes) is 17. The number of allylic oxidation sites excluding steroid dienone is 16. The minimum absolute atomic E-state index is 0.103. The van der Waals surface area contributed by atoms with E-state index in [4.69, 9.17) is 14.2 Å². The van der Waals surface area contributed by atoms with Crippen molar-refractivity contribution in [2.45, 2.75) is 207 Å². The smallest absolute Gasteiger partial charge is 0.306 e. The maximum absolute atomic E-state index is 12.7. The Labute approximate surface area is 362 Å². The topological polar surface area (TPSA) is 78.9 Å². The number of esters is 3. The van der Waals surface area contributed by atoms with Crippen molar-refractivity contribution >= 4 is 17.9 Å². The number of carbonyl (C=O) groups excluding carboxylic acids is 3. The van der Waals surface area contributed by atoms with E-state index in [0.717, 1.165) is 109 Å². The molecule has 1 atom stereocenters. The Morgan fingerprint density at radius 1 is 0.373 bits per heavy atom. The molecule has 0 radical (unpaired) electrons. The first kappa shape index (κ1) is 55.3. The molecule has 0 saturated heterocycles. The number of carbonyl (C=O) groups is 3. The number of hydrogen-bond acceptors (Lipinski definition) is 6. The highest BCUT2D eigenvalue weighted by Crippen LogP contribution is 2.13. The molecule has 0 amide bonds. The first-order valence-electron chi connectivity index (χ1n) is 23.8. The van der Waals surface area contributed by atoms with Crippen molar-refractivity contribution in [3.63, 3.8) is 0 Å². The number of hydrogen-bond donors (Lipinski definition) is 0. The highest BCUT2D eigenvalue weighted by atomic mass is 16.6. The minimum Gasteiger partial charge on any atom is -0.462 e. The molecule has 6 heteroatoms. The molecule has 334 valence electrons. The van der Waals surface area contributed by atoms with Gasteiger partial charge < -0.3 is 14.2 Å². The average molecular weight is 819 g/mol. The van der Waals surface area contributed by atoms with Crippen molar-refractivity contribution in [3.8, 4) is 0 Å². The molecule has 1 unspecified atom stereocenters. The maximum Gasteiger partial charge on any atom is 0.306 e. The average Bonchev–Trinajstić information content (AvgIpc) is 3.23. The van der Waals surface area contributed by atoms with Gasteiger partial charge >= 0.3 is 17.9 Å². The molecule has 0 aromatic heterocycles. The molecule has 0 saturated carbocycles. The van der Waals surface area contributed by atoms with E-state index in [-0.39, 0.29) is 31.1 Å².